The van der Waals surface area contributed by atoms with E-state index >= 15 is 0 Å². The van der Waals surface area contributed by atoms with Crippen LogP contribution in [0, 0.1) is 16.0 Å². The van der Waals surface area contributed by atoms with E-state index < -0.39 is 4.92 Å². The Labute approximate surface area is 189 Å². The number of nitro benzene ring substituents is 1. The van der Waals surface area contributed by atoms with Crippen LogP contribution in [0.3, 0.4) is 0 Å². The first-order valence-corrected chi connectivity index (χ1v) is 10.4. The van der Waals surface area contributed by atoms with Gasteiger partial charge in [0.25, 0.3) is 5.91 Å². The summed E-state index contributed by atoms with van der Waals surface area (Å²) in [4.78, 5) is 23.6. The lowest BCUT2D eigenvalue weighted by Gasteiger charge is -2.16. The number of nitro groups is 1. The van der Waals surface area contributed by atoms with Crippen LogP contribution in [0.2, 0.25) is 5.02 Å². The van der Waals surface area contributed by atoms with Crippen molar-refractivity contribution in [2.24, 2.45) is 5.92 Å². The molecule has 3 aromatic rings. The number of halogens is 1. The number of anilines is 1. The summed E-state index contributed by atoms with van der Waals surface area (Å²) >= 11 is 5.85. The van der Waals surface area contributed by atoms with Crippen molar-refractivity contribution in [2.45, 2.75) is 25.8 Å². The number of ether oxygens (including phenoxy) is 2. The Bertz CT molecular complexity index is 1170. The molecule has 166 valence electrons. The fourth-order valence-electron chi connectivity index (χ4n) is 3.44. The van der Waals surface area contributed by atoms with E-state index in [1.54, 1.807) is 18.3 Å². The second-order valence-electron chi connectivity index (χ2n) is 7.53. The quantitative estimate of drug-likeness (QED) is 0.355. The molecule has 1 unspecified atom stereocenters. The maximum atomic E-state index is 12.8. The van der Waals surface area contributed by atoms with E-state index in [4.69, 9.17) is 21.1 Å². The number of nitrogens with one attached hydrogen (secondary N) is 1. The Morgan fingerprint density at radius 1 is 1.22 bits per heavy atom. The van der Waals surface area contributed by atoms with E-state index in [0.717, 1.165) is 0 Å². The van der Waals surface area contributed by atoms with Crippen molar-refractivity contribution in [3.8, 4) is 17.2 Å². The molecular formula is C22H21ClN4O5. The van der Waals surface area contributed by atoms with Crippen molar-refractivity contribution in [3.63, 3.8) is 0 Å². The Balaban J connectivity index is 1.55. The molecule has 0 aliphatic heterocycles. The molecule has 0 saturated heterocycles. The Morgan fingerprint density at radius 3 is 2.66 bits per heavy atom. The lowest BCUT2D eigenvalue weighted by atomic mass is 10.2. The van der Waals surface area contributed by atoms with Crippen LogP contribution < -0.4 is 14.8 Å². The molecule has 1 heterocycles. The molecule has 1 aromatic heterocycles. The summed E-state index contributed by atoms with van der Waals surface area (Å²) in [5.41, 5.74) is 0.0612. The largest absolute Gasteiger partial charge is 0.493 e. The molecule has 1 fully saturated rings. The van der Waals surface area contributed by atoms with Crippen molar-refractivity contribution < 1.29 is 19.2 Å². The number of carbonyl (C=O) groups excluding carboxylic acids is 1. The van der Waals surface area contributed by atoms with Gasteiger partial charge >= 0.3 is 5.69 Å². The second-order valence-corrected chi connectivity index (χ2v) is 7.97. The highest BCUT2D eigenvalue weighted by Gasteiger charge is 2.31. The summed E-state index contributed by atoms with van der Waals surface area (Å²) in [6.45, 7) is 2.09. The summed E-state index contributed by atoms with van der Waals surface area (Å²) < 4.78 is 12.9. The zero-order valence-corrected chi connectivity index (χ0v) is 18.2. The number of amides is 1. The SMILES string of the molecule is COc1cc(C(=O)Nc2ccnn2C(C)C2CC2)ccc1Oc1ccc(Cl)cc1[N+](=O)[O-]. The third kappa shape index (κ3) is 4.52. The van der Waals surface area contributed by atoms with Crippen LogP contribution in [0.5, 0.6) is 17.2 Å². The lowest BCUT2D eigenvalue weighted by Crippen LogP contribution is -2.18. The van der Waals surface area contributed by atoms with Crippen LogP contribution >= 0.6 is 11.6 Å². The number of benzene rings is 2. The van der Waals surface area contributed by atoms with Crippen molar-refractivity contribution in [3.05, 3.63) is 69.4 Å². The third-order valence-electron chi connectivity index (χ3n) is 5.37. The number of rotatable bonds is 8. The number of methoxy groups -OCH3 is 1. The van der Waals surface area contributed by atoms with Gasteiger partial charge in [0.15, 0.2) is 11.5 Å². The maximum absolute atomic E-state index is 12.8. The van der Waals surface area contributed by atoms with Crippen molar-refractivity contribution in [2.75, 3.05) is 12.4 Å². The summed E-state index contributed by atoms with van der Waals surface area (Å²) in [7, 11) is 1.42. The molecule has 0 spiro atoms. The third-order valence-corrected chi connectivity index (χ3v) is 5.60. The molecule has 1 aliphatic carbocycles. The van der Waals surface area contributed by atoms with Crippen LogP contribution in [0.25, 0.3) is 0 Å². The van der Waals surface area contributed by atoms with Crippen LogP contribution in [0.4, 0.5) is 11.5 Å². The zero-order valence-electron chi connectivity index (χ0n) is 17.4. The molecule has 10 heteroatoms. The van der Waals surface area contributed by atoms with Crippen molar-refractivity contribution >= 4 is 29.0 Å². The van der Waals surface area contributed by atoms with E-state index in [1.807, 2.05) is 4.68 Å². The average molecular weight is 457 g/mol. The fourth-order valence-corrected chi connectivity index (χ4v) is 3.60. The normalized spacial score (nSPS) is 14.0. The molecule has 32 heavy (non-hydrogen) atoms. The molecule has 9 nitrogen and oxygen atoms in total. The molecule has 0 bridgehead atoms. The van der Waals surface area contributed by atoms with E-state index in [2.05, 4.69) is 17.3 Å². The Kier molecular flexibility index (Phi) is 6.00. The molecule has 1 atom stereocenters. The minimum absolute atomic E-state index is 0.00728. The second kappa shape index (κ2) is 8.88. The maximum Gasteiger partial charge on any atom is 0.313 e. The monoisotopic (exact) mass is 456 g/mol. The zero-order chi connectivity index (χ0) is 22.8. The van der Waals surface area contributed by atoms with E-state index in [1.165, 1.54) is 50.3 Å². The Morgan fingerprint density at radius 2 is 1.97 bits per heavy atom. The minimum atomic E-state index is -0.582. The number of aromatic nitrogens is 2. The first-order valence-electron chi connectivity index (χ1n) is 10.0. The van der Waals surface area contributed by atoms with Gasteiger partial charge in [-0.2, -0.15) is 5.10 Å². The van der Waals surface area contributed by atoms with E-state index in [-0.39, 0.29) is 39.9 Å². The van der Waals surface area contributed by atoms with Crippen molar-refractivity contribution in [1.82, 2.24) is 9.78 Å². The lowest BCUT2D eigenvalue weighted by molar-refractivity contribution is -0.385. The number of nitrogens with zero attached hydrogens (tertiary/aromatic N) is 3. The first kappa shape index (κ1) is 21.6. The molecule has 4 rings (SSSR count). The summed E-state index contributed by atoms with van der Waals surface area (Å²) in [6, 6.07) is 10.7. The summed E-state index contributed by atoms with van der Waals surface area (Å²) in [6.07, 6.45) is 3.99. The molecule has 0 radical (unpaired) electrons. The first-order chi connectivity index (χ1) is 15.4. The molecule has 1 N–H and O–H groups in total. The number of hydrogen-bond donors (Lipinski definition) is 1. The standard InChI is InChI=1S/C22H21ClN4O5/c1-13(14-3-4-14)26-21(9-10-24-26)25-22(28)15-5-7-19(20(11-15)31-2)32-18-8-6-16(23)12-17(18)27(29)30/h5-14H,3-4H2,1-2H3,(H,25,28). The Hall–Kier alpha value is -3.59. The predicted molar refractivity (Wildman–Crippen MR) is 119 cm³/mol. The smallest absolute Gasteiger partial charge is 0.313 e. The molecule has 1 amide bonds. The summed E-state index contributed by atoms with van der Waals surface area (Å²) in [5.74, 6) is 1.35. The van der Waals surface area contributed by atoms with Gasteiger partial charge < -0.3 is 14.8 Å². The highest BCUT2D eigenvalue weighted by Crippen LogP contribution is 2.40. The minimum Gasteiger partial charge on any atom is -0.493 e. The van der Waals surface area contributed by atoms with Crippen molar-refractivity contribution in [1.29, 1.82) is 0 Å². The average Bonchev–Trinajstić information content (AvgIpc) is 3.53. The van der Waals surface area contributed by atoms with Gasteiger partial charge in [-0.05, 0) is 56.0 Å². The van der Waals surface area contributed by atoms with Crippen LogP contribution in [0.15, 0.2) is 48.7 Å². The van der Waals surface area contributed by atoms with Crippen LogP contribution in [-0.4, -0.2) is 27.7 Å². The van der Waals surface area contributed by atoms with Gasteiger partial charge in [0.05, 0.1) is 24.3 Å². The van der Waals surface area contributed by atoms with Gasteiger partial charge in [-0.3, -0.25) is 14.9 Å². The highest BCUT2D eigenvalue weighted by molar-refractivity contribution is 6.30. The van der Waals surface area contributed by atoms with Crippen LogP contribution in [0.1, 0.15) is 36.2 Å². The topological polar surface area (TPSA) is 109 Å². The molecule has 1 saturated carbocycles. The molecule has 1 aliphatic rings. The van der Waals surface area contributed by atoms with Gasteiger partial charge in [0.1, 0.15) is 5.82 Å². The molecule has 2 aromatic carbocycles. The summed E-state index contributed by atoms with van der Waals surface area (Å²) in [5, 5.41) is 18.8. The van der Waals surface area contributed by atoms with Gasteiger partial charge in [0, 0.05) is 22.7 Å². The van der Waals surface area contributed by atoms with E-state index in [0.29, 0.717) is 17.3 Å². The predicted octanol–water partition coefficient (Wildman–Crippen LogP) is 5.47. The van der Waals surface area contributed by atoms with E-state index in [9.17, 15) is 14.9 Å². The van der Waals surface area contributed by atoms with Crippen LogP contribution in [-0.2, 0) is 0 Å². The fraction of sp³-hybridized carbons (Fsp3) is 0.273. The van der Waals surface area contributed by atoms with Gasteiger partial charge in [0.2, 0.25) is 5.75 Å². The van der Waals surface area contributed by atoms with Gasteiger partial charge in [-0.25, -0.2) is 4.68 Å². The van der Waals surface area contributed by atoms with Gasteiger partial charge in [-0.1, -0.05) is 11.6 Å². The highest BCUT2D eigenvalue weighted by atomic mass is 35.5. The number of carbonyl (C=O) groups is 1. The van der Waals surface area contributed by atoms with Gasteiger partial charge in [-0.15, -0.1) is 0 Å². The molecular weight excluding hydrogens is 436 g/mol. The number of hydrogen-bond acceptors (Lipinski definition) is 6.